The van der Waals surface area contributed by atoms with Gasteiger partial charge < -0.3 is 9.47 Å². The number of likely N-dealkylation sites (tertiary alicyclic amines) is 1. The van der Waals surface area contributed by atoms with Crippen LogP contribution in [-0.4, -0.2) is 38.7 Å². The quantitative estimate of drug-likeness (QED) is 0.783. The van der Waals surface area contributed by atoms with Crippen molar-refractivity contribution in [1.82, 2.24) is 19.7 Å². The second-order valence-corrected chi connectivity index (χ2v) is 6.81. The summed E-state index contributed by atoms with van der Waals surface area (Å²) in [4.78, 5) is 14.7. The minimum Gasteiger partial charge on any atom is -0.347 e. The lowest BCUT2D eigenvalue weighted by Gasteiger charge is -2.32. The number of carbonyl (C=O) groups excluding carboxylic acids is 1. The smallest absolute Gasteiger partial charge is 0.270 e. The van der Waals surface area contributed by atoms with Gasteiger partial charge in [0.2, 0.25) is 0 Å². The molecule has 2 aromatic heterocycles. The first-order valence-electron chi connectivity index (χ1n) is 8.83. The number of nitrogens with one attached hydrogen (secondary N) is 1. The Bertz CT molecular complexity index is 912. The van der Waals surface area contributed by atoms with Gasteiger partial charge in [-0.3, -0.25) is 9.89 Å². The van der Waals surface area contributed by atoms with Crippen molar-refractivity contribution >= 4 is 5.91 Å². The van der Waals surface area contributed by atoms with E-state index in [2.05, 4.69) is 10.2 Å². The van der Waals surface area contributed by atoms with Crippen LogP contribution in [0.5, 0.6) is 0 Å². The maximum atomic E-state index is 13.1. The number of amides is 1. The molecular formula is C20H21FN4O. The predicted molar refractivity (Wildman–Crippen MR) is 97.3 cm³/mol. The Morgan fingerprint density at radius 1 is 1.27 bits per heavy atom. The van der Waals surface area contributed by atoms with E-state index in [1.807, 2.05) is 40.9 Å². The zero-order valence-electron chi connectivity index (χ0n) is 14.7. The van der Waals surface area contributed by atoms with E-state index in [1.165, 1.54) is 12.1 Å². The molecule has 0 unspecified atom stereocenters. The highest BCUT2D eigenvalue weighted by Crippen LogP contribution is 2.29. The van der Waals surface area contributed by atoms with Gasteiger partial charge in [-0.15, -0.1) is 0 Å². The summed E-state index contributed by atoms with van der Waals surface area (Å²) in [6, 6.07) is 12.1. The van der Waals surface area contributed by atoms with Crippen LogP contribution in [0.1, 0.15) is 34.9 Å². The van der Waals surface area contributed by atoms with E-state index < -0.39 is 0 Å². The van der Waals surface area contributed by atoms with E-state index in [1.54, 1.807) is 12.1 Å². The first-order valence-corrected chi connectivity index (χ1v) is 8.83. The molecule has 5 nitrogen and oxygen atoms in total. The van der Waals surface area contributed by atoms with E-state index >= 15 is 0 Å². The molecule has 6 heteroatoms. The van der Waals surface area contributed by atoms with Gasteiger partial charge >= 0.3 is 0 Å². The van der Waals surface area contributed by atoms with Crippen molar-refractivity contribution in [1.29, 1.82) is 0 Å². The van der Waals surface area contributed by atoms with E-state index in [0.29, 0.717) is 12.2 Å². The number of piperidine rings is 1. The molecule has 1 aromatic carbocycles. The molecule has 1 atom stereocenters. The number of aromatic nitrogens is 3. The first kappa shape index (κ1) is 16.6. The largest absolute Gasteiger partial charge is 0.347 e. The van der Waals surface area contributed by atoms with Crippen molar-refractivity contribution in [3.05, 3.63) is 65.9 Å². The van der Waals surface area contributed by atoms with Crippen LogP contribution < -0.4 is 0 Å². The summed E-state index contributed by atoms with van der Waals surface area (Å²) in [6.45, 7) is 1.45. The third kappa shape index (κ3) is 3.14. The molecule has 1 fully saturated rings. The Morgan fingerprint density at radius 3 is 2.81 bits per heavy atom. The molecular weight excluding hydrogens is 331 g/mol. The Morgan fingerprint density at radius 2 is 2.08 bits per heavy atom. The first-order chi connectivity index (χ1) is 12.6. The number of benzene rings is 1. The van der Waals surface area contributed by atoms with Crippen molar-refractivity contribution in [2.24, 2.45) is 7.05 Å². The Balaban J connectivity index is 1.51. The van der Waals surface area contributed by atoms with Crippen LogP contribution in [0.15, 0.2) is 48.7 Å². The predicted octanol–water partition coefficient (Wildman–Crippen LogP) is 3.57. The van der Waals surface area contributed by atoms with Crippen LogP contribution in [0.25, 0.3) is 11.3 Å². The molecule has 26 heavy (non-hydrogen) atoms. The number of H-pyrrole nitrogens is 1. The number of carbonyl (C=O) groups is 1. The van der Waals surface area contributed by atoms with Crippen molar-refractivity contribution in [3.8, 4) is 11.3 Å². The molecule has 1 aliphatic rings. The third-order valence-corrected chi connectivity index (χ3v) is 5.05. The Labute approximate surface area is 151 Å². The number of aryl methyl sites for hydroxylation is 1. The molecule has 4 rings (SSSR count). The summed E-state index contributed by atoms with van der Waals surface area (Å²) >= 11 is 0. The Hall–Kier alpha value is -2.89. The van der Waals surface area contributed by atoms with Gasteiger partial charge in [0.05, 0.1) is 5.69 Å². The second-order valence-electron chi connectivity index (χ2n) is 6.81. The highest BCUT2D eigenvalue weighted by atomic mass is 19.1. The summed E-state index contributed by atoms with van der Waals surface area (Å²) < 4.78 is 15.0. The van der Waals surface area contributed by atoms with Crippen molar-refractivity contribution in [2.75, 3.05) is 13.1 Å². The summed E-state index contributed by atoms with van der Waals surface area (Å²) in [7, 11) is 1.89. The third-order valence-electron chi connectivity index (χ3n) is 5.05. The van der Waals surface area contributed by atoms with Crippen LogP contribution in [0.3, 0.4) is 0 Å². The molecule has 3 heterocycles. The fourth-order valence-electron chi connectivity index (χ4n) is 3.58. The monoisotopic (exact) mass is 352 g/mol. The molecule has 3 aromatic rings. The van der Waals surface area contributed by atoms with E-state index in [-0.39, 0.29) is 17.6 Å². The van der Waals surface area contributed by atoms with Crippen LogP contribution in [0, 0.1) is 5.82 Å². The molecule has 0 saturated carbocycles. The minimum atomic E-state index is -0.258. The van der Waals surface area contributed by atoms with Gasteiger partial charge in [0.25, 0.3) is 5.91 Å². The molecule has 0 bridgehead atoms. The zero-order chi connectivity index (χ0) is 18.1. The molecule has 0 radical (unpaired) electrons. The van der Waals surface area contributed by atoms with Gasteiger partial charge in [0, 0.05) is 43.5 Å². The highest BCUT2D eigenvalue weighted by Gasteiger charge is 2.27. The van der Waals surface area contributed by atoms with E-state index in [9.17, 15) is 9.18 Å². The van der Waals surface area contributed by atoms with Crippen molar-refractivity contribution in [2.45, 2.75) is 18.8 Å². The summed E-state index contributed by atoms with van der Waals surface area (Å²) in [6.07, 6.45) is 3.87. The molecule has 1 amide bonds. The standard InChI is InChI=1S/C20H21FN4O/c1-24-10-3-5-19(24)20(26)25-11-2-4-15(13-25)18-12-17(22-23-18)14-6-8-16(21)9-7-14/h3,5-10,12,15H,2,4,11,13H2,1H3,(H,22,23)/t15-/m0/s1. The number of halogens is 1. The molecule has 1 aliphatic heterocycles. The summed E-state index contributed by atoms with van der Waals surface area (Å²) in [5.41, 5.74) is 3.41. The second kappa shape index (κ2) is 6.78. The fraction of sp³-hybridized carbons (Fsp3) is 0.300. The number of hydrogen-bond acceptors (Lipinski definition) is 2. The SMILES string of the molecule is Cn1cccc1C(=O)N1CCC[C@H](c2cc(-c3ccc(F)cc3)n[nH]2)C1. The average Bonchev–Trinajstić information content (AvgIpc) is 3.31. The number of nitrogens with zero attached hydrogens (tertiary/aromatic N) is 3. The average molecular weight is 352 g/mol. The molecule has 1 N–H and O–H groups in total. The van der Waals surface area contributed by atoms with Gasteiger partial charge in [-0.05, 0) is 55.3 Å². The van der Waals surface area contributed by atoms with E-state index in [4.69, 9.17) is 0 Å². The maximum Gasteiger partial charge on any atom is 0.270 e. The van der Waals surface area contributed by atoms with Gasteiger partial charge in [0.15, 0.2) is 0 Å². The van der Waals surface area contributed by atoms with Gasteiger partial charge in [-0.25, -0.2) is 4.39 Å². The minimum absolute atomic E-state index is 0.0699. The lowest BCUT2D eigenvalue weighted by atomic mass is 9.94. The number of hydrogen-bond donors (Lipinski definition) is 1. The van der Waals surface area contributed by atoms with Crippen molar-refractivity contribution < 1.29 is 9.18 Å². The normalized spacial score (nSPS) is 17.5. The highest BCUT2D eigenvalue weighted by molar-refractivity contribution is 5.92. The Kier molecular flexibility index (Phi) is 4.32. The summed E-state index contributed by atoms with van der Waals surface area (Å²) in [5.74, 6) is 0.0433. The van der Waals surface area contributed by atoms with Gasteiger partial charge in [0.1, 0.15) is 11.5 Å². The number of rotatable bonds is 3. The molecule has 134 valence electrons. The topological polar surface area (TPSA) is 53.9 Å². The lowest BCUT2D eigenvalue weighted by molar-refractivity contribution is 0.0696. The van der Waals surface area contributed by atoms with Crippen LogP contribution >= 0.6 is 0 Å². The fourth-order valence-corrected chi connectivity index (χ4v) is 3.58. The van der Waals surface area contributed by atoms with Crippen molar-refractivity contribution in [3.63, 3.8) is 0 Å². The van der Waals surface area contributed by atoms with Gasteiger partial charge in [-0.2, -0.15) is 5.10 Å². The number of aromatic amines is 1. The van der Waals surface area contributed by atoms with E-state index in [0.717, 1.165) is 36.3 Å². The lowest BCUT2D eigenvalue weighted by Crippen LogP contribution is -2.39. The molecule has 0 aliphatic carbocycles. The molecule has 0 spiro atoms. The van der Waals surface area contributed by atoms with Crippen LogP contribution in [-0.2, 0) is 7.05 Å². The zero-order valence-corrected chi connectivity index (χ0v) is 14.7. The van der Waals surface area contributed by atoms with Crippen LogP contribution in [0.4, 0.5) is 4.39 Å². The van der Waals surface area contributed by atoms with Gasteiger partial charge in [-0.1, -0.05) is 0 Å². The van der Waals surface area contributed by atoms with Crippen LogP contribution in [0.2, 0.25) is 0 Å². The molecule has 1 saturated heterocycles. The maximum absolute atomic E-state index is 13.1. The summed E-state index contributed by atoms with van der Waals surface area (Å²) in [5, 5.41) is 7.48.